The fourth-order valence-electron chi connectivity index (χ4n) is 1.78. The van der Waals surface area contributed by atoms with Gasteiger partial charge >= 0.3 is 0 Å². The lowest BCUT2D eigenvalue weighted by Crippen LogP contribution is -2.48. The van der Waals surface area contributed by atoms with Gasteiger partial charge in [-0.3, -0.25) is 4.79 Å². The van der Waals surface area contributed by atoms with Crippen molar-refractivity contribution in [3.8, 4) is 5.75 Å². The van der Waals surface area contributed by atoms with Gasteiger partial charge in [-0.15, -0.1) is 0 Å². The highest BCUT2D eigenvalue weighted by atomic mass is 16.5. The Morgan fingerprint density at radius 2 is 1.95 bits per heavy atom. The second-order valence-corrected chi connectivity index (χ2v) is 4.99. The fraction of sp³-hybridized carbons (Fsp3) is 0.533. The van der Waals surface area contributed by atoms with E-state index in [0.29, 0.717) is 25.3 Å². The number of hydrogen-bond donors (Lipinski definition) is 2. The Labute approximate surface area is 120 Å². The molecule has 1 aromatic rings. The number of anilines is 1. The summed E-state index contributed by atoms with van der Waals surface area (Å²) >= 11 is 0. The summed E-state index contributed by atoms with van der Waals surface area (Å²) in [5.74, 6) is 0.566. The third-order valence-electron chi connectivity index (χ3n) is 2.96. The van der Waals surface area contributed by atoms with Crippen molar-refractivity contribution in [1.82, 2.24) is 0 Å². The predicted molar refractivity (Wildman–Crippen MR) is 79.9 cm³/mol. The number of ether oxygens (including phenoxy) is 2. The molecule has 0 bridgehead atoms. The molecule has 112 valence electrons. The van der Waals surface area contributed by atoms with Crippen LogP contribution < -0.4 is 15.8 Å². The van der Waals surface area contributed by atoms with Gasteiger partial charge in [0.15, 0.2) is 0 Å². The molecule has 0 spiro atoms. The van der Waals surface area contributed by atoms with E-state index in [1.807, 2.05) is 6.92 Å². The molecule has 20 heavy (non-hydrogen) atoms. The third-order valence-corrected chi connectivity index (χ3v) is 2.96. The highest BCUT2D eigenvalue weighted by Crippen LogP contribution is 2.18. The van der Waals surface area contributed by atoms with Crippen molar-refractivity contribution in [1.29, 1.82) is 0 Å². The van der Waals surface area contributed by atoms with Gasteiger partial charge in [0.05, 0.1) is 12.1 Å². The Kier molecular flexibility index (Phi) is 6.48. The summed E-state index contributed by atoms with van der Waals surface area (Å²) in [7, 11) is 1.63. The molecule has 1 atom stereocenters. The Balaban J connectivity index is 2.54. The van der Waals surface area contributed by atoms with Crippen molar-refractivity contribution in [3.05, 3.63) is 24.3 Å². The monoisotopic (exact) mass is 280 g/mol. The van der Waals surface area contributed by atoms with Crippen LogP contribution >= 0.6 is 0 Å². The van der Waals surface area contributed by atoms with Crippen molar-refractivity contribution >= 4 is 11.6 Å². The second-order valence-electron chi connectivity index (χ2n) is 4.99. The van der Waals surface area contributed by atoms with E-state index in [-0.39, 0.29) is 5.91 Å². The number of nitrogens with two attached hydrogens (primary N) is 1. The van der Waals surface area contributed by atoms with Crippen LogP contribution in [0.4, 0.5) is 5.69 Å². The summed E-state index contributed by atoms with van der Waals surface area (Å²) in [6.45, 7) is 4.79. The van der Waals surface area contributed by atoms with Gasteiger partial charge in [-0.2, -0.15) is 0 Å². The van der Waals surface area contributed by atoms with Gasteiger partial charge in [0.25, 0.3) is 0 Å². The number of hydrogen-bond acceptors (Lipinski definition) is 4. The van der Waals surface area contributed by atoms with Crippen LogP contribution in [-0.2, 0) is 9.53 Å². The minimum Gasteiger partial charge on any atom is -0.491 e. The molecular weight excluding hydrogens is 256 g/mol. The van der Waals surface area contributed by atoms with Crippen LogP contribution in [0.15, 0.2) is 24.3 Å². The molecule has 1 rings (SSSR count). The quantitative estimate of drug-likeness (QED) is 0.716. The topological polar surface area (TPSA) is 73.6 Å². The number of rotatable bonds is 8. The molecule has 1 amide bonds. The van der Waals surface area contributed by atoms with Crippen LogP contribution in [0.25, 0.3) is 0 Å². The molecular formula is C15H24N2O3. The molecule has 0 aromatic heterocycles. The van der Waals surface area contributed by atoms with Crippen LogP contribution in [0.3, 0.4) is 0 Å². The van der Waals surface area contributed by atoms with Gasteiger partial charge in [-0.1, -0.05) is 13.3 Å². The van der Waals surface area contributed by atoms with Crippen molar-refractivity contribution < 1.29 is 14.3 Å². The lowest BCUT2D eigenvalue weighted by molar-refractivity contribution is -0.120. The zero-order chi connectivity index (χ0) is 15.0. The number of benzene rings is 1. The average molecular weight is 280 g/mol. The number of carbonyl (C=O) groups is 1. The zero-order valence-electron chi connectivity index (χ0n) is 12.4. The lowest BCUT2D eigenvalue weighted by atomic mass is 9.96. The van der Waals surface area contributed by atoms with Crippen LogP contribution in [0.5, 0.6) is 5.75 Å². The molecule has 0 aliphatic rings. The van der Waals surface area contributed by atoms with Crippen molar-refractivity contribution in [2.75, 3.05) is 25.6 Å². The lowest BCUT2D eigenvalue weighted by Gasteiger charge is -2.22. The van der Waals surface area contributed by atoms with Crippen LogP contribution in [0, 0.1) is 0 Å². The van der Waals surface area contributed by atoms with Crippen molar-refractivity contribution in [3.63, 3.8) is 0 Å². The van der Waals surface area contributed by atoms with E-state index in [1.165, 1.54) is 0 Å². The first-order valence-corrected chi connectivity index (χ1v) is 6.81. The molecule has 5 nitrogen and oxygen atoms in total. The normalized spacial score (nSPS) is 13.6. The first-order chi connectivity index (χ1) is 9.49. The molecule has 0 radical (unpaired) electrons. The molecule has 0 aliphatic heterocycles. The van der Waals surface area contributed by atoms with Crippen LogP contribution in [0.2, 0.25) is 0 Å². The Bertz CT molecular complexity index is 416. The summed E-state index contributed by atoms with van der Waals surface area (Å²) in [5, 5.41) is 2.82. The van der Waals surface area contributed by atoms with E-state index in [4.69, 9.17) is 15.2 Å². The Morgan fingerprint density at radius 1 is 1.30 bits per heavy atom. The van der Waals surface area contributed by atoms with Crippen molar-refractivity contribution in [2.24, 2.45) is 5.73 Å². The number of nitrogens with one attached hydrogen (secondary N) is 1. The number of carbonyl (C=O) groups excluding carboxylic acids is 1. The van der Waals surface area contributed by atoms with Crippen molar-refractivity contribution in [2.45, 2.75) is 32.2 Å². The predicted octanol–water partition coefficient (Wildman–Crippen LogP) is 2.17. The first-order valence-electron chi connectivity index (χ1n) is 6.81. The van der Waals surface area contributed by atoms with E-state index in [2.05, 4.69) is 5.32 Å². The van der Waals surface area contributed by atoms with Crippen LogP contribution in [-0.4, -0.2) is 31.8 Å². The summed E-state index contributed by atoms with van der Waals surface area (Å²) in [5.41, 5.74) is 5.84. The Morgan fingerprint density at radius 3 is 2.50 bits per heavy atom. The SMILES string of the molecule is CCCC(C)(N)C(=O)Nc1ccc(OCCOC)cc1. The summed E-state index contributed by atoms with van der Waals surface area (Å²) in [4.78, 5) is 12.0. The van der Waals surface area contributed by atoms with Crippen LogP contribution in [0.1, 0.15) is 26.7 Å². The average Bonchev–Trinajstić information content (AvgIpc) is 2.41. The molecule has 0 fully saturated rings. The molecule has 0 aliphatic carbocycles. The maximum atomic E-state index is 12.0. The summed E-state index contributed by atoms with van der Waals surface area (Å²) in [6.07, 6.45) is 1.52. The minimum atomic E-state index is -0.845. The van der Waals surface area contributed by atoms with Gasteiger partial charge in [0, 0.05) is 12.8 Å². The smallest absolute Gasteiger partial charge is 0.244 e. The summed E-state index contributed by atoms with van der Waals surface area (Å²) < 4.78 is 10.4. The molecule has 0 saturated carbocycles. The fourth-order valence-corrected chi connectivity index (χ4v) is 1.78. The van der Waals surface area contributed by atoms with E-state index in [0.717, 1.165) is 12.2 Å². The van der Waals surface area contributed by atoms with E-state index in [9.17, 15) is 4.79 Å². The van der Waals surface area contributed by atoms with Gasteiger partial charge in [-0.05, 0) is 37.6 Å². The minimum absolute atomic E-state index is 0.174. The molecule has 0 saturated heterocycles. The first kappa shape index (κ1) is 16.5. The molecule has 5 heteroatoms. The maximum Gasteiger partial charge on any atom is 0.244 e. The van der Waals surface area contributed by atoms with E-state index in [1.54, 1.807) is 38.3 Å². The molecule has 0 heterocycles. The van der Waals surface area contributed by atoms with E-state index >= 15 is 0 Å². The van der Waals surface area contributed by atoms with Gasteiger partial charge in [-0.25, -0.2) is 0 Å². The molecule has 1 unspecified atom stereocenters. The maximum absolute atomic E-state index is 12.0. The zero-order valence-corrected chi connectivity index (χ0v) is 12.4. The highest BCUT2D eigenvalue weighted by molar-refractivity contribution is 5.97. The largest absolute Gasteiger partial charge is 0.491 e. The number of amides is 1. The van der Waals surface area contributed by atoms with Gasteiger partial charge in [0.1, 0.15) is 12.4 Å². The standard InChI is InChI=1S/C15H24N2O3/c1-4-9-15(2,16)14(18)17-12-5-7-13(8-6-12)20-11-10-19-3/h5-8H,4,9-11,16H2,1-3H3,(H,17,18). The number of methoxy groups -OCH3 is 1. The molecule has 1 aromatic carbocycles. The van der Waals surface area contributed by atoms with Gasteiger partial charge in [0.2, 0.25) is 5.91 Å². The Hall–Kier alpha value is -1.59. The third kappa shape index (κ3) is 5.19. The highest BCUT2D eigenvalue weighted by Gasteiger charge is 2.26. The second kappa shape index (κ2) is 7.87. The van der Waals surface area contributed by atoms with Gasteiger partial charge < -0.3 is 20.5 Å². The van der Waals surface area contributed by atoms with E-state index < -0.39 is 5.54 Å². The summed E-state index contributed by atoms with van der Waals surface area (Å²) in [6, 6.07) is 7.20. The molecule has 3 N–H and O–H groups in total.